The maximum absolute atomic E-state index is 4.57. The summed E-state index contributed by atoms with van der Waals surface area (Å²) in [5.41, 5.74) is 8.02. The zero-order valence-electron chi connectivity index (χ0n) is 24.4. The molecule has 5 radical (unpaired) electrons. The van der Waals surface area contributed by atoms with Crippen molar-refractivity contribution in [3.05, 3.63) is 152 Å². The van der Waals surface area contributed by atoms with Gasteiger partial charge in [0.05, 0.1) is 5.82 Å². The summed E-state index contributed by atoms with van der Waals surface area (Å²) in [5.74, 6) is 0.744. The molecule has 0 aliphatic carbocycles. The zero-order valence-corrected chi connectivity index (χ0v) is 29.6. The zero-order chi connectivity index (χ0) is 27.8. The normalized spacial score (nSPS) is 10.1. The van der Waals surface area contributed by atoms with Crippen molar-refractivity contribution in [2.45, 2.75) is 26.2 Å². The maximum atomic E-state index is 4.57. The third kappa shape index (κ3) is 9.98. The van der Waals surface area contributed by atoms with Gasteiger partial charge in [-0.1, -0.05) is 68.4 Å². The Labute approximate surface area is 296 Å². The second kappa shape index (κ2) is 17.3. The minimum atomic E-state index is 0. The number of rotatable bonds is 4. The molecule has 2 heterocycles. The van der Waals surface area contributed by atoms with Gasteiger partial charge in [-0.2, -0.15) is 5.56 Å². The van der Waals surface area contributed by atoms with E-state index in [1.54, 1.807) is 6.20 Å². The molecule has 0 spiro atoms. The van der Waals surface area contributed by atoms with Gasteiger partial charge in [-0.25, -0.2) is 6.07 Å². The first-order valence-corrected chi connectivity index (χ1v) is 13.2. The fraction of sp³-hybridized carbons (Fsp3) is 0.108. The molecule has 0 aliphatic rings. The second-order valence-corrected chi connectivity index (χ2v) is 10.2. The van der Waals surface area contributed by atoms with Crippen molar-refractivity contribution in [1.82, 2.24) is 15.0 Å². The van der Waals surface area contributed by atoms with Crippen LogP contribution in [0.4, 0.5) is 0 Å². The first kappa shape index (κ1) is 36.1. The molecule has 3 nitrogen and oxygen atoms in total. The van der Waals surface area contributed by atoms with Crippen molar-refractivity contribution in [3.63, 3.8) is 0 Å². The third-order valence-corrected chi connectivity index (χ3v) is 6.20. The van der Waals surface area contributed by atoms with Crippen molar-refractivity contribution in [1.29, 1.82) is 0 Å². The smallest absolute Gasteiger partial charge is 0.0751 e. The summed E-state index contributed by atoms with van der Waals surface area (Å²) in [6, 6.07) is 49.2. The summed E-state index contributed by atoms with van der Waals surface area (Å²) in [6.45, 7) is 6.44. The Bertz CT molecular complexity index is 1590. The van der Waals surface area contributed by atoms with Crippen LogP contribution < -0.4 is 0 Å². The molecule has 6 rings (SSSR count). The average molecular weight is 808 g/mol. The van der Waals surface area contributed by atoms with Gasteiger partial charge in [-0.3, -0.25) is 33.2 Å². The molecule has 0 fully saturated rings. The van der Waals surface area contributed by atoms with E-state index in [0.29, 0.717) is 0 Å². The van der Waals surface area contributed by atoms with Gasteiger partial charge in [-0.05, 0) is 12.1 Å². The Hall–Kier alpha value is -3.07. The topological polar surface area (TPSA) is 38.7 Å². The fourth-order valence-corrected chi connectivity index (χ4v) is 4.08. The van der Waals surface area contributed by atoms with Gasteiger partial charge in [0.15, 0.2) is 0 Å². The van der Waals surface area contributed by atoms with Crippen molar-refractivity contribution in [2.24, 2.45) is 0 Å². The van der Waals surface area contributed by atoms with E-state index in [4.69, 9.17) is 0 Å². The summed E-state index contributed by atoms with van der Waals surface area (Å²) in [4.78, 5) is 13.2. The van der Waals surface area contributed by atoms with Crippen LogP contribution >= 0.6 is 0 Å². The Balaban J connectivity index is 0.000000301. The Morgan fingerprint density at radius 3 is 1.98 bits per heavy atom. The van der Waals surface area contributed by atoms with Gasteiger partial charge >= 0.3 is 0 Å². The molecule has 4 aromatic carbocycles. The molecule has 0 amide bonds. The van der Waals surface area contributed by atoms with E-state index < -0.39 is 0 Å². The van der Waals surface area contributed by atoms with Crippen LogP contribution in [0, 0.1) is 24.3 Å². The van der Waals surface area contributed by atoms with Crippen LogP contribution in [0.25, 0.3) is 44.9 Å². The van der Waals surface area contributed by atoms with E-state index in [1.807, 2.05) is 85.1 Å². The van der Waals surface area contributed by atoms with Crippen LogP contribution in [0.15, 0.2) is 122 Å². The van der Waals surface area contributed by atoms with E-state index in [1.165, 1.54) is 0 Å². The fourth-order valence-electron chi connectivity index (χ4n) is 4.08. The molecular weight excluding hydrogens is 778 g/mol. The van der Waals surface area contributed by atoms with Gasteiger partial charge in [0.1, 0.15) is 0 Å². The van der Waals surface area contributed by atoms with E-state index in [2.05, 4.69) is 90.3 Å². The number of pyridine rings is 1. The quantitative estimate of drug-likeness (QED) is 0.133. The minimum absolute atomic E-state index is 0. The molecule has 0 unspecified atom stereocenters. The van der Waals surface area contributed by atoms with Crippen LogP contribution in [0.2, 0.25) is 0 Å². The summed E-state index contributed by atoms with van der Waals surface area (Å²) < 4.78 is 0. The summed E-state index contributed by atoms with van der Waals surface area (Å²) in [5, 5.41) is 0. The van der Waals surface area contributed by atoms with Gasteiger partial charge in [0.25, 0.3) is 0 Å². The van der Waals surface area contributed by atoms with Gasteiger partial charge in [0.2, 0.25) is 0 Å². The monoisotopic (exact) mass is 808 g/mol. The molecular formula is C37H29BIrN3Y-4. The molecule has 0 saturated carbocycles. The minimum Gasteiger partial charge on any atom is -0.352 e. The predicted octanol–water partition coefficient (Wildman–Crippen LogP) is 8.34. The number of hydrogen-bond donors (Lipinski definition) is 0. The van der Waals surface area contributed by atoms with Gasteiger partial charge in [0, 0.05) is 84.7 Å². The largest absolute Gasteiger partial charge is 0.352 e. The summed E-state index contributed by atoms with van der Waals surface area (Å²) in [6.07, 6.45) is 3.59. The molecule has 6 heteroatoms. The second-order valence-electron chi connectivity index (χ2n) is 10.2. The molecule has 0 N–H and O–H groups in total. The van der Waals surface area contributed by atoms with E-state index in [9.17, 15) is 0 Å². The number of nitrogens with zero attached hydrogens (tertiary/aromatic N) is 3. The first-order valence-electron chi connectivity index (χ1n) is 13.2. The Morgan fingerprint density at radius 1 is 0.581 bits per heavy atom. The molecule has 0 bridgehead atoms. The van der Waals surface area contributed by atoms with E-state index in [-0.39, 0.29) is 66.6 Å². The number of benzene rings is 4. The maximum Gasteiger partial charge on any atom is 0.0751 e. The molecule has 43 heavy (non-hydrogen) atoms. The van der Waals surface area contributed by atoms with Gasteiger partial charge < -0.3 is 11.1 Å². The SMILES string of the molecule is CC(C)(C)c1ccnc(-c2[c-]cccc2)n1.[B].[Ir].[Y].[c-]1ccc(-c2[c-]c(-c3ccccc3)ccc2)[c-]c1-c1ccccn1. The summed E-state index contributed by atoms with van der Waals surface area (Å²) in [7, 11) is 0. The van der Waals surface area contributed by atoms with Crippen molar-refractivity contribution < 1.29 is 52.8 Å². The molecule has 0 saturated heterocycles. The van der Waals surface area contributed by atoms with Crippen LogP contribution in [-0.4, -0.2) is 23.4 Å². The molecule has 2 aromatic heterocycles. The molecule has 0 atom stereocenters. The van der Waals surface area contributed by atoms with Crippen molar-refractivity contribution in [3.8, 4) is 44.9 Å². The molecule has 211 valence electrons. The Morgan fingerprint density at radius 2 is 1.28 bits per heavy atom. The standard InChI is InChI=1S/C23H14N.C14H15N2.B.Ir.Y/c1-2-8-18(9-3-1)19-10-6-11-20(16-19)21-12-7-13-22(17-21)23-14-4-5-15-24-23;1-14(2,3)12-9-10-15-13(16-12)11-7-5-4-6-8-11;;;/h1-12,14-15H;4-7,9-10H,1-3H3;;;/q-3;-1;;;. The summed E-state index contributed by atoms with van der Waals surface area (Å²) >= 11 is 0. The molecule has 6 aromatic rings. The van der Waals surface area contributed by atoms with Crippen LogP contribution in [-0.2, 0) is 58.2 Å². The van der Waals surface area contributed by atoms with Gasteiger partial charge in [-0.15, -0.1) is 71.8 Å². The Kier molecular flexibility index (Phi) is 14.5. The van der Waals surface area contributed by atoms with Crippen LogP contribution in [0.5, 0.6) is 0 Å². The van der Waals surface area contributed by atoms with Crippen molar-refractivity contribution in [2.75, 3.05) is 0 Å². The first-order chi connectivity index (χ1) is 19.5. The predicted molar refractivity (Wildman–Crippen MR) is 168 cm³/mol. The van der Waals surface area contributed by atoms with Crippen LogP contribution in [0.1, 0.15) is 26.5 Å². The number of aromatic nitrogens is 3. The van der Waals surface area contributed by atoms with E-state index >= 15 is 0 Å². The van der Waals surface area contributed by atoms with Crippen LogP contribution in [0.3, 0.4) is 0 Å². The average Bonchev–Trinajstić information content (AvgIpc) is 3.02. The van der Waals surface area contributed by atoms with E-state index in [0.717, 1.165) is 50.6 Å². The third-order valence-electron chi connectivity index (χ3n) is 6.20. The molecule has 0 aliphatic heterocycles. The van der Waals surface area contributed by atoms with Crippen molar-refractivity contribution >= 4 is 8.41 Å². The number of hydrogen-bond acceptors (Lipinski definition) is 3.